The zero-order chi connectivity index (χ0) is 22.3. The number of piperidine rings is 1. The standard InChI is InChI=1S/C24H28N6O2/c1-18-9-11-21(12-10-18)26-24(32)25-14-20-8-5-13-29(15-20)23(31)22-17-30(28-27-22)16-19-6-3-2-4-7-19/h2-4,6-7,9-12,17,20H,5,8,13-16H2,1H3,(H2,25,26,32). The van der Waals surface area contributed by atoms with Gasteiger partial charge in [0.25, 0.3) is 5.91 Å². The molecule has 0 saturated carbocycles. The Morgan fingerprint density at radius 2 is 1.88 bits per heavy atom. The van der Waals surface area contributed by atoms with Gasteiger partial charge in [0, 0.05) is 25.3 Å². The number of amides is 3. The van der Waals surface area contributed by atoms with E-state index in [-0.39, 0.29) is 17.9 Å². The van der Waals surface area contributed by atoms with Crippen LogP contribution in [0.1, 0.15) is 34.5 Å². The third-order valence-electron chi connectivity index (χ3n) is 5.61. The maximum Gasteiger partial charge on any atom is 0.319 e. The first kappa shape index (κ1) is 21.5. The number of carbonyl (C=O) groups excluding carboxylic acids is 2. The van der Waals surface area contributed by atoms with Gasteiger partial charge in [-0.05, 0) is 43.4 Å². The van der Waals surface area contributed by atoms with Crippen molar-refractivity contribution in [3.63, 3.8) is 0 Å². The molecule has 8 heteroatoms. The monoisotopic (exact) mass is 432 g/mol. The van der Waals surface area contributed by atoms with Crippen LogP contribution in [0.15, 0.2) is 60.8 Å². The SMILES string of the molecule is Cc1ccc(NC(=O)NCC2CCCN(C(=O)c3cn(Cc4ccccc4)nn3)C2)cc1. The highest BCUT2D eigenvalue weighted by molar-refractivity contribution is 5.92. The molecule has 1 aliphatic rings. The van der Waals surface area contributed by atoms with Crippen molar-refractivity contribution >= 4 is 17.6 Å². The van der Waals surface area contributed by atoms with E-state index < -0.39 is 0 Å². The highest BCUT2D eigenvalue weighted by Crippen LogP contribution is 2.18. The number of carbonyl (C=O) groups is 2. The Morgan fingerprint density at radius 1 is 1.09 bits per heavy atom. The summed E-state index contributed by atoms with van der Waals surface area (Å²) in [6, 6.07) is 17.4. The van der Waals surface area contributed by atoms with E-state index in [2.05, 4.69) is 20.9 Å². The molecular weight excluding hydrogens is 404 g/mol. The van der Waals surface area contributed by atoms with Crippen molar-refractivity contribution in [1.29, 1.82) is 0 Å². The molecule has 0 spiro atoms. The number of rotatable bonds is 6. The van der Waals surface area contributed by atoms with E-state index in [0.29, 0.717) is 31.9 Å². The second-order valence-electron chi connectivity index (χ2n) is 8.25. The molecule has 2 aromatic carbocycles. The predicted octanol–water partition coefficient (Wildman–Crippen LogP) is 3.31. The number of nitrogens with zero attached hydrogens (tertiary/aromatic N) is 4. The normalized spacial score (nSPS) is 15.9. The van der Waals surface area contributed by atoms with Gasteiger partial charge in [0.05, 0.1) is 12.7 Å². The lowest BCUT2D eigenvalue weighted by Gasteiger charge is -2.32. The number of nitrogens with one attached hydrogen (secondary N) is 2. The number of aromatic nitrogens is 3. The van der Waals surface area contributed by atoms with E-state index in [1.165, 1.54) is 0 Å². The van der Waals surface area contributed by atoms with Crippen molar-refractivity contribution in [3.05, 3.63) is 77.6 Å². The molecule has 2 N–H and O–H groups in total. The van der Waals surface area contributed by atoms with Gasteiger partial charge in [0.15, 0.2) is 5.69 Å². The first-order valence-corrected chi connectivity index (χ1v) is 10.9. The van der Waals surface area contributed by atoms with Crippen LogP contribution in [-0.2, 0) is 6.54 Å². The zero-order valence-corrected chi connectivity index (χ0v) is 18.2. The average molecular weight is 433 g/mol. The van der Waals surface area contributed by atoms with Gasteiger partial charge in [-0.25, -0.2) is 9.48 Å². The third kappa shape index (κ3) is 5.72. The molecule has 1 atom stereocenters. The van der Waals surface area contributed by atoms with Gasteiger partial charge < -0.3 is 15.5 Å². The van der Waals surface area contributed by atoms with Crippen LogP contribution in [0.2, 0.25) is 0 Å². The minimum absolute atomic E-state index is 0.113. The quantitative estimate of drug-likeness (QED) is 0.625. The van der Waals surface area contributed by atoms with Gasteiger partial charge in [-0.1, -0.05) is 53.2 Å². The summed E-state index contributed by atoms with van der Waals surface area (Å²) < 4.78 is 1.68. The van der Waals surface area contributed by atoms with Crippen molar-refractivity contribution in [2.24, 2.45) is 5.92 Å². The first-order valence-electron chi connectivity index (χ1n) is 10.9. The predicted molar refractivity (Wildman–Crippen MR) is 122 cm³/mol. The summed E-state index contributed by atoms with van der Waals surface area (Å²) >= 11 is 0. The molecule has 8 nitrogen and oxygen atoms in total. The summed E-state index contributed by atoms with van der Waals surface area (Å²) in [5, 5.41) is 14.0. The number of likely N-dealkylation sites (tertiary alicyclic amines) is 1. The lowest BCUT2D eigenvalue weighted by molar-refractivity contribution is 0.0669. The fourth-order valence-corrected chi connectivity index (χ4v) is 3.87. The number of hydrogen-bond donors (Lipinski definition) is 2. The summed E-state index contributed by atoms with van der Waals surface area (Å²) in [4.78, 5) is 26.9. The van der Waals surface area contributed by atoms with Crippen LogP contribution in [0, 0.1) is 12.8 Å². The zero-order valence-electron chi connectivity index (χ0n) is 18.2. The fraction of sp³-hybridized carbons (Fsp3) is 0.333. The Balaban J connectivity index is 1.27. The molecule has 0 aliphatic carbocycles. The van der Waals surface area contributed by atoms with Crippen LogP contribution >= 0.6 is 0 Å². The Hall–Kier alpha value is -3.68. The number of anilines is 1. The Labute approximate surface area is 187 Å². The van der Waals surface area contributed by atoms with Crippen LogP contribution in [0.5, 0.6) is 0 Å². The number of hydrogen-bond acceptors (Lipinski definition) is 4. The summed E-state index contributed by atoms with van der Waals surface area (Å²) in [5.41, 5.74) is 3.35. The lowest BCUT2D eigenvalue weighted by atomic mass is 9.98. The van der Waals surface area contributed by atoms with Crippen LogP contribution in [0.3, 0.4) is 0 Å². The molecule has 1 unspecified atom stereocenters. The van der Waals surface area contributed by atoms with Crippen molar-refractivity contribution in [3.8, 4) is 0 Å². The maximum atomic E-state index is 12.9. The Bertz CT molecular complexity index is 1050. The fourth-order valence-electron chi connectivity index (χ4n) is 3.87. The lowest BCUT2D eigenvalue weighted by Crippen LogP contribution is -2.44. The van der Waals surface area contributed by atoms with Crippen molar-refractivity contribution in [2.45, 2.75) is 26.3 Å². The molecule has 1 aromatic heterocycles. The van der Waals surface area contributed by atoms with E-state index in [1.807, 2.05) is 66.4 Å². The molecule has 0 radical (unpaired) electrons. The molecule has 3 amide bonds. The highest BCUT2D eigenvalue weighted by Gasteiger charge is 2.26. The molecule has 4 rings (SSSR count). The highest BCUT2D eigenvalue weighted by atomic mass is 16.2. The smallest absolute Gasteiger partial charge is 0.319 e. The average Bonchev–Trinajstić information content (AvgIpc) is 3.28. The van der Waals surface area contributed by atoms with E-state index in [9.17, 15) is 9.59 Å². The van der Waals surface area contributed by atoms with Crippen LogP contribution < -0.4 is 10.6 Å². The molecule has 0 bridgehead atoms. The van der Waals surface area contributed by atoms with Gasteiger partial charge in [0.1, 0.15) is 0 Å². The van der Waals surface area contributed by atoms with E-state index >= 15 is 0 Å². The second kappa shape index (κ2) is 10.1. The third-order valence-corrected chi connectivity index (χ3v) is 5.61. The number of benzene rings is 2. The Kier molecular flexibility index (Phi) is 6.79. The van der Waals surface area contributed by atoms with Crippen molar-refractivity contribution < 1.29 is 9.59 Å². The topological polar surface area (TPSA) is 92.2 Å². The van der Waals surface area contributed by atoms with Crippen molar-refractivity contribution in [2.75, 3.05) is 25.0 Å². The van der Waals surface area contributed by atoms with E-state index in [1.54, 1.807) is 10.9 Å². The van der Waals surface area contributed by atoms with Crippen LogP contribution in [-0.4, -0.2) is 51.5 Å². The summed E-state index contributed by atoms with van der Waals surface area (Å²) in [7, 11) is 0. The minimum Gasteiger partial charge on any atom is -0.338 e. The van der Waals surface area contributed by atoms with Gasteiger partial charge in [-0.3, -0.25) is 4.79 Å². The molecule has 1 saturated heterocycles. The molecule has 2 heterocycles. The van der Waals surface area contributed by atoms with E-state index in [4.69, 9.17) is 0 Å². The molecular formula is C24H28N6O2. The largest absolute Gasteiger partial charge is 0.338 e. The van der Waals surface area contributed by atoms with Crippen molar-refractivity contribution in [1.82, 2.24) is 25.2 Å². The summed E-state index contributed by atoms with van der Waals surface area (Å²) in [6.07, 6.45) is 3.57. The van der Waals surface area contributed by atoms with Crippen LogP contribution in [0.4, 0.5) is 10.5 Å². The molecule has 32 heavy (non-hydrogen) atoms. The van der Waals surface area contributed by atoms with E-state index in [0.717, 1.165) is 29.7 Å². The minimum atomic E-state index is -0.235. The first-order chi connectivity index (χ1) is 15.6. The van der Waals surface area contributed by atoms with Gasteiger partial charge >= 0.3 is 6.03 Å². The maximum absolute atomic E-state index is 12.9. The number of urea groups is 1. The summed E-state index contributed by atoms with van der Waals surface area (Å²) in [5.74, 6) is 0.0916. The van der Waals surface area contributed by atoms with Crippen LogP contribution in [0.25, 0.3) is 0 Å². The second-order valence-corrected chi connectivity index (χ2v) is 8.25. The molecule has 1 fully saturated rings. The van der Waals surface area contributed by atoms with Gasteiger partial charge in [0.2, 0.25) is 0 Å². The van der Waals surface area contributed by atoms with Gasteiger partial charge in [-0.15, -0.1) is 5.10 Å². The molecule has 1 aliphatic heterocycles. The van der Waals surface area contributed by atoms with Gasteiger partial charge in [-0.2, -0.15) is 0 Å². The molecule has 3 aromatic rings. The number of aryl methyl sites for hydroxylation is 1. The summed E-state index contributed by atoms with van der Waals surface area (Å²) in [6.45, 7) is 4.38. The Morgan fingerprint density at radius 3 is 2.66 bits per heavy atom. The molecule has 166 valence electrons.